The summed E-state index contributed by atoms with van der Waals surface area (Å²) in [6, 6.07) is 20.1. The lowest BCUT2D eigenvalue weighted by atomic mass is 9.94. The van der Waals surface area contributed by atoms with Crippen LogP contribution in [0, 0.1) is 5.92 Å². The van der Waals surface area contributed by atoms with Gasteiger partial charge in [0.05, 0.1) is 12.0 Å². The first-order valence-electron chi connectivity index (χ1n) is 17.9. The Labute approximate surface area is 300 Å². The lowest BCUT2D eigenvalue weighted by Gasteiger charge is -2.25. The Morgan fingerprint density at radius 3 is 2.02 bits per heavy atom. The first-order valence-corrected chi connectivity index (χ1v) is 17.9. The highest BCUT2D eigenvalue weighted by molar-refractivity contribution is 5.93. The molecule has 1 saturated heterocycles. The Morgan fingerprint density at radius 1 is 0.784 bits per heavy atom. The maximum atomic E-state index is 13.8. The van der Waals surface area contributed by atoms with E-state index in [2.05, 4.69) is 26.3 Å². The van der Waals surface area contributed by atoms with Gasteiger partial charge in [-0.05, 0) is 42.1 Å². The van der Waals surface area contributed by atoms with E-state index in [4.69, 9.17) is 5.73 Å². The summed E-state index contributed by atoms with van der Waals surface area (Å²) >= 11 is 0. The predicted octanol–water partition coefficient (Wildman–Crippen LogP) is 2.59. The van der Waals surface area contributed by atoms with Gasteiger partial charge in [-0.1, -0.05) is 86.0 Å². The minimum Gasteiger partial charge on any atom is -0.354 e. The fourth-order valence-corrected chi connectivity index (χ4v) is 6.35. The predicted molar refractivity (Wildman–Crippen MR) is 195 cm³/mol. The highest BCUT2D eigenvalue weighted by Crippen LogP contribution is 2.36. The molecular weight excluding hydrogens is 646 g/mol. The normalized spacial score (nSPS) is 16.6. The van der Waals surface area contributed by atoms with Crippen molar-refractivity contribution in [1.82, 2.24) is 31.2 Å². The number of unbranched alkanes of at least 4 members (excludes halogenated alkanes) is 4. The van der Waals surface area contributed by atoms with Gasteiger partial charge in [-0.15, -0.1) is 0 Å². The van der Waals surface area contributed by atoms with Crippen LogP contribution < -0.4 is 27.0 Å². The minimum atomic E-state index is -0.940. The van der Waals surface area contributed by atoms with E-state index in [-0.39, 0.29) is 50.1 Å². The van der Waals surface area contributed by atoms with E-state index in [0.29, 0.717) is 19.4 Å². The molecule has 1 aliphatic heterocycles. The second-order valence-corrected chi connectivity index (χ2v) is 13.0. The molecule has 12 nitrogen and oxygen atoms in total. The van der Waals surface area contributed by atoms with Crippen molar-refractivity contribution in [1.29, 1.82) is 0 Å². The number of pyridine rings is 1. The molecule has 1 fully saturated rings. The number of carbonyl (C=O) groups excluding carboxylic acids is 5. The van der Waals surface area contributed by atoms with Gasteiger partial charge in [0.1, 0.15) is 12.1 Å². The van der Waals surface area contributed by atoms with Crippen LogP contribution >= 0.6 is 0 Å². The average molecular weight is 698 g/mol. The molecule has 12 heteroatoms. The van der Waals surface area contributed by atoms with Gasteiger partial charge in [0, 0.05) is 58.2 Å². The molecule has 2 unspecified atom stereocenters. The molecule has 2 aromatic carbocycles. The molecule has 0 aliphatic carbocycles. The first kappa shape index (κ1) is 38.7. The quantitative estimate of drug-likeness (QED) is 0.113. The van der Waals surface area contributed by atoms with Gasteiger partial charge in [0.15, 0.2) is 0 Å². The Hall–Kier alpha value is -5.10. The molecule has 5 amide bonds. The summed E-state index contributed by atoms with van der Waals surface area (Å²) < 4.78 is 0. The van der Waals surface area contributed by atoms with E-state index in [1.807, 2.05) is 66.7 Å². The summed E-state index contributed by atoms with van der Waals surface area (Å²) in [4.78, 5) is 71.7. The second kappa shape index (κ2) is 20.5. The fourth-order valence-electron chi connectivity index (χ4n) is 6.35. The van der Waals surface area contributed by atoms with Crippen molar-refractivity contribution in [3.63, 3.8) is 0 Å². The molecule has 0 spiro atoms. The van der Waals surface area contributed by atoms with Gasteiger partial charge in [-0.3, -0.25) is 29.0 Å². The van der Waals surface area contributed by atoms with Crippen LogP contribution in [0.3, 0.4) is 0 Å². The largest absolute Gasteiger partial charge is 0.354 e. The summed E-state index contributed by atoms with van der Waals surface area (Å²) in [6.45, 7) is 0.894. The zero-order valence-electron chi connectivity index (χ0n) is 29.4. The van der Waals surface area contributed by atoms with Crippen LogP contribution in [0.4, 0.5) is 0 Å². The molecule has 1 aromatic heterocycles. The topological polar surface area (TPSA) is 176 Å². The van der Waals surface area contributed by atoms with Crippen molar-refractivity contribution >= 4 is 29.5 Å². The van der Waals surface area contributed by atoms with Gasteiger partial charge < -0.3 is 31.9 Å². The number of nitrogens with zero attached hydrogens (tertiary/aromatic N) is 2. The summed E-state index contributed by atoms with van der Waals surface area (Å²) in [5, 5.41) is 11.5. The zero-order valence-corrected chi connectivity index (χ0v) is 29.4. The number of nitrogens with two attached hydrogens (primary N) is 1. The molecule has 1 aliphatic rings. The van der Waals surface area contributed by atoms with Gasteiger partial charge in [-0.25, -0.2) is 0 Å². The number of hydrogen-bond donors (Lipinski definition) is 5. The maximum absolute atomic E-state index is 13.8. The number of nitrogens with one attached hydrogen (secondary N) is 4. The molecule has 272 valence electrons. The molecular formula is C39H51N7O5. The number of carbonyl (C=O) groups is 5. The highest BCUT2D eigenvalue weighted by atomic mass is 16.2. The maximum Gasteiger partial charge on any atom is 0.243 e. The Bertz CT molecular complexity index is 1560. The van der Waals surface area contributed by atoms with E-state index in [1.54, 1.807) is 30.4 Å². The van der Waals surface area contributed by atoms with E-state index in [1.165, 1.54) is 0 Å². The Balaban J connectivity index is 1.37. The van der Waals surface area contributed by atoms with Gasteiger partial charge in [-0.2, -0.15) is 0 Å². The molecule has 0 radical (unpaired) electrons. The third kappa shape index (κ3) is 12.3. The van der Waals surface area contributed by atoms with E-state index >= 15 is 0 Å². The molecule has 2 heterocycles. The van der Waals surface area contributed by atoms with Crippen LogP contribution in [0.2, 0.25) is 0 Å². The Morgan fingerprint density at radius 2 is 1.39 bits per heavy atom. The van der Waals surface area contributed by atoms with Crippen LogP contribution in [0.1, 0.15) is 67.7 Å². The number of aromatic nitrogens is 1. The smallest absolute Gasteiger partial charge is 0.243 e. The molecule has 51 heavy (non-hydrogen) atoms. The Kier molecular flexibility index (Phi) is 15.6. The highest BCUT2D eigenvalue weighted by Gasteiger charge is 2.42. The first-order chi connectivity index (χ1) is 24.8. The lowest BCUT2D eigenvalue weighted by Crippen LogP contribution is -2.55. The fraction of sp³-hybridized carbons (Fsp3) is 0.436. The van der Waals surface area contributed by atoms with Gasteiger partial charge >= 0.3 is 0 Å². The number of likely N-dealkylation sites (tertiary alicyclic amines) is 1. The monoisotopic (exact) mass is 697 g/mol. The van der Waals surface area contributed by atoms with Crippen LogP contribution in [0.15, 0.2) is 85.2 Å². The average Bonchev–Trinajstić information content (AvgIpc) is 3.45. The van der Waals surface area contributed by atoms with E-state index in [9.17, 15) is 24.0 Å². The third-order valence-corrected chi connectivity index (χ3v) is 9.13. The third-order valence-electron chi connectivity index (χ3n) is 9.13. The van der Waals surface area contributed by atoms with Crippen molar-refractivity contribution in [2.45, 2.75) is 75.9 Å². The standard InChI is InChI=1S/C39H51N7O5/c1-46-35(48)26-31(36(46)30-18-13-21-41-27-30)37(49)42-22-23-43-38(50)32(24-28-14-7-5-8-15-28)45-39(51)33(25-29-16-9-6-10-17-29)44-34(47)19-11-3-2-4-12-20-40/h5-10,13-18,21,27,31-33,36H,2-4,11-12,19-20,22-26,40H2,1H3,(H,42,49)(H,43,50)(H,44,47)(H,45,51)/t31-,32?,33?,36+/m0/s1. The van der Waals surface area contributed by atoms with Crippen LogP contribution in [0.25, 0.3) is 0 Å². The van der Waals surface area contributed by atoms with Gasteiger partial charge in [0.25, 0.3) is 0 Å². The van der Waals surface area contributed by atoms with Crippen molar-refractivity contribution in [3.8, 4) is 0 Å². The summed E-state index contributed by atoms with van der Waals surface area (Å²) in [7, 11) is 1.68. The molecule has 4 rings (SSSR count). The minimum absolute atomic E-state index is 0.0783. The van der Waals surface area contributed by atoms with Crippen LogP contribution in [0.5, 0.6) is 0 Å². The number of hydrogen-bond acceptors (Lipinski definition) is 7. The van der Waals surface area contributed by atoms with Crippen molar-refractivity contribution in [2.75, 3.05) is 26.7 Å². The molecule has 6 N–H and O–H groups in total. The second-order valence-electron chi connectivity index (χ2n) is 13.0. The summed E-state index contributed by atoms with van der Waals surface area (Å²) in [5.41, 5.74) is 8.07. The number of rotatable bonds is 20. The summed E-state index contributed by atoms with van der Waals surface area (Å²) in [6.07, 6.45) is 8.77. The van der Waals surface area contributed by atoms with Crippen LogP contribution in [-0.2, 0) is 36.8 Å². The lowest BCUT2D eigenvalue weighted by molar-refractivity contribution is -0.132. The van der Waals surface area contributed by atoms with Crippen molar-refractivity contribution < 1.29 is 24.0 Å². The van der Waals surface area contributed by atoms with E-state index in [0.717, 1.165) is 42.4 Å². The molecule has 0 saturated carbocycles. The zero-order chi connectivity index (χ0) is 36.4. The molecule has 0 bridgehead atoms. The van der Waals surface area contributed by atoms with Crippen LogP contribution in [-0.4, -0.2) is 78.2 Å². The molecule has 4 atom stereocenters. The molecule has 3 aromatic rings. The number of benzene rings is 2. The van der Waals surface area contributed by atoms with Gasteiger partial charge in [0.2, 0.25) is 29.5 Å². The van der Waals surface area contributed by atoms with Crippen molar-refractivity contribution in [2.24, 2.45) is 11.7 Å². The van der Waals surface area contributed by atoms with E-state index < -0.39 is 35.9 Å². The summed E-state index contributed by atoms with van der Waals surface area (Å²) in [5.74, 6) is -2.12. The van der Waals surface area contributed by atoms with Crippen molar-refractivity contribution in [3.05, 3.63) is 102 Å². The number of amides is 5. The SMILES string of the molecule is CN1C(=O)C[C@H](C(=O)NCCNC(=O)C(Cc2ccccc2)NC(=O)C(Cc2ccccc2)NC(=O)CCCCCCCN)[C@H]1c1cccnc1.